The minimum Gasteiger partial charge on any atom is -0.460 e. The van der Waals surface area contributed by atoms with E-state index in [0.717, 1.165) is 22.2 Å². The zero-order valence-electron chi connectivity index (χ0n) is 30.5. The van der Waals surface area contributed by atoms with Gasteiger partial charge in [-0.25, -0.2) is 9.59 Å². The van der Waals surface area contributed by atoms with Gasteiger partial charge in [0.05, 0.1) is 17.1 Å². The Kier molecular flexibility index (Phi) is 13.0. The van der Waals surface area contributed by atoms with E-state index in [1.54, 1.807) is 12.1 Å². The second-order valence-electron chi connectivity index (χ2n) is 13.6. The molecule has 4 aromatic rings. The highest BCUT2D eigenvalue weighted by Gasteiger charge is 2.47. The van der Waals surface area contributed by atoms with Gasteiger partial charge in [-0.15, -0.1) is 0 Å². The van der Waals surface area contributed by atoms with Crippen LogP contribution in [0.3, 0.4) is 0 Å². The third kappa shape index (κ3) is 9.13. The van der Waals surface area contributed by atoms with E-state index in [0.29, 0.717) is 41.2 Å². The molecule has 5 rings (SSSR count). The fourth-order valence-electron chi connectivity index (χ4n) is 6.40. The van der Waals surface area contributed by atoms with Crippen LogP contribution in [0.1, 0.15) is 99.7 Å². The van der Waals surface area contributed by atoms with E-state index in [4.69, 9.17) is 37.2 Å². The fraction of sp³-hybridized carbons (Fsp3) is 0.474. The molecule has 15 heteroatoms. The van der Waals surface area contributed by atoms with Crippen LogP contribution >= 0.6 is 23.2 Å². The van der Waals surface area contributed by atoms with Crippen molar-refractivity contribution in [2.24, 2.45) is 11.8 Å². The van der Waals surface area contributed by atoms with Crippen LogP contribution in [0.4, 0.5) is 4.79 Å². The van der Waals surface area contributed by atoms with E-state index in [2.05, 4.69) is 31.1 Å². The highest BCUT2D eigenvalue weighted by atomic mass is 35.5. The molecule has 2 aromatic heterocycles. The quantitative estimate of drug-likeness (QED) is 0.0926. The first kappa shape index (κ1) is 39.6. The second kappa shape index (κ2) is 17.5. The number of ether oxygens (including phenoxy) is 2. The largest absolute Gasteiger partial charge is 0.460 e. The zero-order chi connectivity index (χ0) is 38.3. The molecule has 0 spiro atoms. The van der Waals surface area contributed by atoms with Gasteiger partial charge < -0.3 is 34.9 Å². The fourth-order valence-corrected chi connectivity index (χ4v) is 6.94. The Morgan fingerprint density at radius 2 is 1.74 bits per heavy atom. The van der Waals surface area contributed by atoms with E-state index in [1.807, 2.05) is 65.0 Å². The molecule has 0 aliphatic heterocycles. The van der Waals surface area contributed by atoms with Crippen LogP contribution in [-0.2, 0) is 38.5 Å². The first-order chi connectivity index (χ1) is 25.4. The summed E-state index contributed by atoms with van der Waals surface area (Å²) in [6, 6.07) is 10.8. The number of alkyl carbamates (subject to hydrolysis) is 1. The molecule has 13 nitrogen and oxygen atoms in total. The lowest BCUT2D eigenvalue weighted by molar-refractivity contribution is -0.136. The first-order valence-electron chi connectivity index (χ1n) is 18.0. The van der Waals surface area contributed by atoms with Gasteiger partial charge in [0, 0.05) is 22.5 Å². The van der Waals surface area contributed by atoms with E-state index < -0.39 is 41.5 Å². The molecule has 0 radical (unpaired) electrons. The van der Waals surface area contributed by atoms with Gasteiger partial charge in [0.15, 0.2) is 0 Å². The van der Waals surface area contributed by atoms with Crippen LogP contribution in [0.25, 0.3) is 10.9 Å². The molecular formula is C38H46Cl2N6O7. The number of nitrogens with one attached hydrogen (secondary N) is 4. The molecule has 0 bridgehead atoms. The summed E-state index contributed by atoms with van der Waals surface area (Å²) in [6.45, 7) is 9.68. The number of carbonyl (C=O) groups is 4. The van der Waals surface area contributed by atoms with Gasteiger partial charge in [0.1, 0.15) is 24.2 Å². The summed E-state index contributed by atoms with van der Waals surface area (Å²) >= 11 is 13.0. The Hall–Kier alpha value is -4.62. The van der Waals surface area contributed by atoms with Crippen molar-refractivity contribution in [3.05, 3.63) is 81.0 Å². The van der Waals surface area contributed by atoms with E-state index in [9.17, 15) is 19.2 Å². The Morgan fingerprint density at radius 1 is 1.00 bits per heavy atom. The summed E-state index contributed by atoms with van der Waals surface area (Å²) in [5.41, 5.74) is 1.61. The van der Waals surface area contributed by atoms with Gasteiger partial charge in [0.25, 0.3) is 5.82 Å². The van der Waals surface area contributed by atoms with Crippen LogP contribution in [0.15, 0.2) is 47.0 Å². The lowest BCUT2D eigenvalue weighted by Crippen LogP contribution is -2.65. The number of carbonyl (C=O) groups excluding carboxylic acids is 4. The molecule has 0 saturated heterocycles. The monoisotopic (exact) mass is 768 g/mol. The third-order valence-corrected chi connectivity index (χ3v) is 10.4. The van der Waals surface area contributed by atoms with Crippen molar-refractivity contribution in [1.82, 2.24) is 31.1 Å². The number of aromatic nitrogens is 3. The van der Waals surface area contributed by atoms with Crippen LogP contribution in [0.5, 0.6) is 0 Å². The number of amides is 3. The summed E-state index contributed by atoms with van der Waals surface area (Å²) in [7, 11) is 0. The molecule has 284 valence electrons. The molecule has 2 heterocycles. The lowest BCUT2D eigenvalue weighted by Gasteiger charge is -2.39. The highest BCUT2D eigenvalue weighted by Crippen LogP contribution is 2.39. The molecule has 4 N–H and O–H groups in total. The van der Waals surface area contributed by atoms with Crippen LogP contribution in [0, 0.1) is 11.8 Å². The molecule has 1 aliphatic rings. The summed E-state index contributed by atoms with van der Waals surface area (Å²) in [4.78, 5) is 62.4. The average Bonchev–Trinajstić information content (AvgIpc) is 3.79. The smallest absolute Gasteiger partial charge is 0.408 e. The molecule has 1 aliphatic carbocycles. The Balaban J connectivity index is 1.48. The van der Waals surface area contributed by atoms with Crippen LogP contribution in [-0.4, -0.2) is 57.2 Å². The molecule has 3 amide bonds. The van der Waals surface area contributed by atoms with Gasteiger partial charge in [-0.05, 0) is 59.5 Å². The standard InChI is InChI=1S/C38H46Cl2N6O7/c1-6-16-51-35(48)32-44-34(53-46-32)30(22(5)8-3)42-36(49)38(15-14-28-26(19-38)25-17-24(39)18-27(40)31(25)41-28)45-33(47)29(21(4)7-2)43-37(50)52-20-23-12-10-9-11-13-23/h9-13,17-18,21-22,29-30,41H,6-8,14-16,19-20H2,1-5H3,(H,42,49)(H,43,50)(H,45,47)/t21?,22?,29-,30-,38-/m0/s1. The van der Waals surface area contributed by atoms with Gasteiger partial charge >= 0.3 is 12.1 Å². The number of rotatable bonds is 15. The maximum absolute atomic E-state index is 14.8. The van der Waals surface area contributed by atoms with Crippen molar-refractivity contribution in [3.8, 4) is 0 Å². The zero-order valence-corrected chi connectivity index (χ0v) is 32.0. The predicted octanol–water partition coefficient (Wildman–Crippen LogP) is 7.01. The topological polar surface area (TPSA) is 178 Å². The minimum atomic E-state index is -1.51. The molecule has 2 unspecified atom stereocenters. The van der Waals surface area contributed by atoms with Crippen molar-refractivity contribution in [1.29, 1.82) is 0 Å². The number of halogens is 2. The number of aryl methyl sites for hydroxylation is 1. The first-order valence-corrected chi connectivity index (χ1v) is 18.7. The SMILES string of the molecule is CCCOC(=O)c1noc([C@@H](NC(=O)[C@]2(NC(=O)[C@@H](NC(=O)OCc3ccccc3)C(C)CC)CCc3[nH]c4c(Cl)cc(Cl)cc4c3C2)C(C)CC)n1. The summed E-state index contributed by atoms with van der Waals surface area (Å²) in [5, 5.41) is 14.3. The molecule has 53 heavy (non-hydrogen) atoms. The van der Waals surface area contributed by atoms with Crippen LogP contribution in [0.2, 0.25) is 10.0 Å². The van der Waals surface area contributed by atoms with Crippen LogP contribution < -0.4 is 16.0 Å². The average molecular weight is 770 g/mol. The van der Waals surface area contributed by atoms with Crippen molar-refractivity contribution in [3.63, 3.8) is 0 Å². The Bertz CT molecular complexity index is 1930. The van der Waals surface area contributed by atoms with Crippen molar-refractivity contribution in [2.45, 2.75) is 97.4 Å². The summed E-state index contributed by atoms with van der Waals surface area (Å²) in [6.07, 6.45) is 1.68. The van der Waals surface area contributed by atoms with Gasteiger partial charge in [-0.1, -0.05) is 101 Å². The number of benzene rings is 2. The maximum atomic E-state index is 14.8. The van der Waals surface area contributed by atoms with Crippen molar-refractivity contribution < 1.29 is 33.2 Å². The number of hydrogen-bond acceptors (Lipinski definition) is 9. The number of aromatic amines is 1. The number of esters is 1. The Morgan fingerprint density at radius 3 is 2.43 bits per heavy atom. The Labute approximate surface area is 318 Å². The molecule has 0 saturated carbocycles. The van der Waals surface area contributed by atoms with Crippen molar-refractivity contribution in [2.75, 3.05) is 6.61 Å². The maximum Gasteiger partial charge on any atom is 0.408 e. The third-order valence-electron chi connectivity index (χ3n) is 9.91. The van der Waals surface area contributed by atoms with E-state index in [1.165, 1.54) is 0 Å². The second-order valence-corrected chi connectivity index (χ2v) is 14.5. The van der Waals surface area contributed by atoms with Crippen molar-refractivity contribution >= 4 is 58.0 Å². The number of fused-ring (bicyclic) bond motifs is 3. The number of nitrogens with zero attached hydrogens (tertiary/aromatic N) is 2. The molecule has 2 aromatic carbocycles. The lowest BCUT2D eigenvalue weighted by atomic mass is 9.78. The minimum absolute atomic E-state index is 0.0209. The summed E-state index contributed by atoms with van der Waals surface area (Å²) in [5.74, 6) is -2.55. The van der Waals surface area contributed by atoms with Gasteiger partial charge in [-0.2, -0.15) is 4.98 Å². The number of H-pyrrole nitrogens is 1. The predicted molar refractivity (Wildman–Crippen MR) is 199 cm³/mol. The van der Waals surface area contributed by atoms with Gasteiger partial charge in [-0.3, -0.25) is 9.59 Å². The van der Waals surface area contributed by atoms with E-state index >= 15 is 0 Å². The van der Waals surface area contributed by atoms with E-state index in [-0.39, 0.29) is 49.6 Å². The number of hydrogen-bond donors (Lipinski definition) is 4. The molecule has 5 atom stereocenters. The summed E-state index contributed by atoms with van der Waals surface area (Å²) < 4.78 is 16.1. The molecular weight excluding hydrogens is 723 g/mol. The van der Waals surface area contributed by atoms with Gasteiger partial charge in [0.2, 0.25) is 17.7 Å². The molecule has 0 fully saturated rings. The normalized spacial score (nSPS) is 17.6. The highest BCUT2D eigenvalue weighted by molar-refractivity contribution is 6.38.